The minimum atomic E-state index is -0.335. The van der Waals surface area contributed by atoms with Gasteiger partial charge in [0.1, 0.15) is 5.82 Å². The number of amides is 1. The van der Waals surface area contributed by atoms with Crippen LogP contribution in [0.1, 0.15) is 16.2 Å². The predicted octanol–water partition coefficient (Wildman–Crippen LogP) is 2.52. The van der Waals surface area contributed by atoms with E-state index >= 15 is 0 Å². The lowest BCUT2D eigenvalue weighted by Crippen LogP contribution is -2.48. The fourth-order valence-corrected chi connectivity index (χ4v) is 3.68. The molecule has 1 amide bonds. The summed E-state index contributed by atoms with van der Waals surface area (Å²) in [5.41, 5.74) is 1.26. The molecule has 3 aromatic rings. The third kappa shape index (κ3) is 3.95. The molecule has 1 saturated heterocycles. The fourth-order valence-electron chi connectivity index (χ4n) is 3.23. The van der Waals surface area contributed by atoms with Crippen molar-refractivity contribution in [3.63, 3.8) is 0 Å². The van der Waals surface area contributed by atoms with E-state index in [-0.39, 0.29) is 11.7 Å². The minimum Gasteiger partial charge on any atom is -0.336 e. The Hall–Kier alpha value is -2.65. The van der Waals surface area contributed by atoms with E-state index in [9.17, 15) is 9.18 Å². The maximum Gasteiger partial charge on any atom is 0.255 e. The Morgan fingerprint density at radius 3 is 2.61 bits per heavy atom. The van der Waals surface area contributed by atoms with Crippen molar-refractivity contribution < 1.29 is 9.18 Å². The number of carbonyl (C=O) groups is 1. The van der Waals surface area contributed by atoms with E-state index in [4.69, 9.17) is 0 Å². The molecule has 0 atom stereocenters. The summed E-state index contributed by atoms with van der Waals surface area (Å²) >= 11 is 3.44. The first kappa shape index (κ1) is 18.7. The molecular formula is C19H18BrFN6O. The zero-order chi connectivity index (χ0) is 19.5. The van der Waals surface area contributed by atoms with Gasteiger partial charge in [0, 0.05) is 30.7 Å². The van der Waals surface area contributed by atoms with Gasteiger partial charge in [-0.1, -0.05) is 18.2 Å². The largest absolute Gasteiger partial charge is 0.336 e. The highest BCUT2D eigenvalue weighted by Crippen LogP contribution is 2.19. The summed E-state index contributed by atoms with van der Waals surface area (Å²) in [6.45, 7) is 3.21. The number of hydrogen-bond acceptors (Lipinski definition) is 5. The number of carbonyl (C=O) groups excluding carboxylic acids is 1. The molecule has 0 N–H and O–H groups in total. The van der Waals surface area contributed by atoms with E-state index in [0.29, 0.717) is 49.8 Å². The highest BCUT2D eigenvalue weighted by atomic mass is 79.9. The summed E-state index contributed by atoms with van der Waals surface area (Å²) in [5.74, 6) is 0.325. The maximum atomic E-state index is 13.5. The van der Waals surface area contributed by atoms with Gasteiger partial charge in [0.15, 0.2) is 5.82 Å². The first-order chi connectivity index (χ1) is 13.6. The van der Waals surface area contributed by atoms with Crippen LogP contribution in [0, 0.1) is 5.82 Å². The van der Waals surface area contributed by atoms with Crippen molar-refractivity contribution in [2.24, 2.45) is 0 Å². The molecule has 4 rings (SSSR count). The highest BCUT2D eigenvalue weighted by molar-refractivity contribution is 9.10. The normalized spacial score (nSPS) is 15.0. The average molecular weight is 445 g/mol. The van der Waals surface area contributed by atoms with Crippen molar-refractivity contribution in [2.75, 3.05) is 26.2 Å². The second-order valence-electron chi connectivity index (χ2n) is 6.53. The second-order valence-corrected chi connectivity index (χ2v) is 7.39. The molecule has 0 spiro atoms. The number of hydrogen-bond donors (Lipinski definition) is 0. The van der Waals surface area contributed by atoms with E-state index in [1.165, 1.54) is 12.1 Å². The monoisotopic (exact) mass is 444 g/mol. The standard InChI is InChI=1S/C19H18BrFN6O/c20-17-7-2-1-6-16(17)19(28)26-10-8-25(9-11-26)13-18-22-23-24-27(18)15-5-3-4-14(21)12-15/h1-7,12H,8-11,13H2. The molecule has 2 heterocycles. The van der Waals surface area contributed by atoms with Gasteiger partial charge in [-0.2, -0.15) is 4.68 Å². The van der Waals surface area contributed by atoms with Crippen molar-refractivity contribution in [1.82, 2.24) is 30.0 Å². The molecular weight excluding hydrogens is 427 g/mol. The van der Waals surface area contributed by atoms with Crippen LogP contribution < -0.4 is 0 Å². The first-order valence-electron chi connectivity index (χ1n) is 8.91. The Morgan fingerprint density at radius 1 is 1.07 bits per heavy atom. The molecule has 0 saturated carbocycles. The summed E-state index contributed by atoms with van der Waals surface area (Å²) in [7, 11) is 0. The predicted molar refractivity (Wildman–Crippen MR) is 104 cm³/mol. The molecule has 144 valence electrons. The van der Waals surface area contributed by atoms with Crippen LogP contribution in [0.5, 0.6) is 0 Å². The molecule has 0 radical (unpaired) electrons. The van der Waals surface area contributed by atoms with Gasteiger partial charge < -0.3 is 4.90 Å². The van der Waals surface area contributed by atoms with E-state index in [1.807, 2.05) is 29.2 Å². The van der Waals surface area contributed by atoms with Crippen LogP contribution in [0.4, 0.5) is 4.39 Å². The van der Waals surface area contributed by atoms with Crippen LogP contribution in [0.2, 0.25) is 0 Å². The Labute approximate surface area is 169 Å². The van der Waals surface area contributed by atoms with Gasteiger partial charge in [-0.3, -0.25) is 9.69 Å². The quantitative estimate of drug-likeness (QED) is 0.618. The van der Waals surface area contributed by atoms with Crippen LogP contribution in [-0.4, -0.2) is 62.1 Å². The molecule has 1 fully saturated rings. The van der Waals surface area contributed by atoms with Crippen LogP contribution >= 0.6 is 15.9 Å². The Balaban J connectivity index is 1.40. The zero-order valence-corrected chi connectivity index (χ0v) is 16.6. The van der Waals surface area contributed by atoms with Gasteiger partial charge in [0.2, 0.25) is 0 Å². The molecule has 1 aliphatic heterocycles. The molecule has 2 aromatic carbocycles. The summed E-state index contributed by atoms with van der Waals surface area (Å²) in [6.07, 6.45) is 0. The number of aromatic nitrogens is 4. The summed E-state index contributed by atoms with van der Waals surface area (Å²) in [5, 5.41) is 11.8. The Kier molecular flexibility index (Phi) is 5.45. The van der Waals surface area contributed by atoms with Crippen molar-refractivity contribution >= 4 is 21.8 Å². The van der Waals surface area contributed by atoms with Gasteiger partial charge in [0.05, 0.1) is 17.8 Å². The first-order valence-corrected chi connectivity index (χ1v) is 9.70. The molecule has 1 aliphatic rings. The minimum absolute atomic E-state index is 0.0247. The van der Waals surface area contributed by atoms with Crippen LogP contribution in [0.25, 0.3) is 5.69 Å². The number of nitrogens with zero attached hydrogens (tertiary/aromatic N) is 6. The van der Waals surface area contributed by atoms with Crippen molar-refractivity contribution in [1.29, 1.82) is 0 Å². The Morgan fingerprint density at radius 2 is 1.86 bits per heavy atom. The topological polar surface area (TPSA) is 67.2 Å². The van der Waals surface area contributed by atoms with Crippen molar-refractivity contribution in [3.05, 3.63) is 70.2 Å². The van der Waals surface area contributed by atoms with Gasteiger partial charge >= 0.3 is 0 Å². The molecule has 0 unspecified atom stereocenters. The molecule has 0 aliphatic carbocycles. The summed E-state index contributed by atoms with van der Waals surface area (Å²) in [6, 6.07) is 13.6. The third-order valence-electron chi connectivity index (χ3n) is 4.72. The van der Waals surface area contributed by atoms with E-state index in [2.05, 4.69) is 36.4 Å². The van der Waals surface area contributed by atoms with E-state index < -0.39 is 0 Å². The molecule has 9 heteroatoms. The highest BCUT2D eigenvalue weighted by Gasteiger charge is 2.24. The van der Waals surface area contributed by atoms with Crippen molar-refractivity contribution in [3.8, 4) is 5.69 Å². The van der Waals surface area contributed by atoms with Gasteiger partial charge in [-0.25, -0.2) is 4.39 Å². The number of tetrazole rings is 1. The zero-order valence-electron chi connectivity index (χ0n) is 15.0. The lowest BCUT2D eigenvalue weighted by atomic mass is 10.2. The van der Waals surface area contributed by atoms with Crippen LogP contribution in [0.3, 0.4) is 0 Å². The number of piperazine rings is 1. The summed E-state index contributed by atoms with van der Waals surface area (Å²) < 4.78 is 15.8. The molecule has 7 nitrogen and oxygen atoms in total. The molecule has 28 heavy (non-hydrogen) atoms. The number of benzene rings is 2. The smallest absolute Gasteiger partial charge is 0.255 e. The molecule has 1 aromatic heterocycles. The van der Waals surface area contributed by atoms with Gasteiger partial charge in [-0.05, 0) is 56.7 Å². The maximum absolute atomic E-state index is 13.5. The van der Waals surface area contributed by atoms with Crippen molar-refractivity contribution in [2.45, 2.75) is 6.54 Å². The van der Waals surface area contributed by atoms with Gasteiger partial charge in [0.25, 0.3) is 5.91 Å². The number of halogens is 2. The van der Waals surface area contributed by atoms with E-state index in [1.54, 1.807) is 16.8 Å². The summed E-state index contributed by atoms with van der Waals surface area (Å²) in [4.78, 5) is 16.8. The lowest BCUT2D eigenvalue weighted by Gasteiger charge is -2.34. The van der Waals surface area contributed by atoms with Crippen LogP contribution in [0.15, 0.2) is 53.0 Å². The Bertz CT molecular complexity index is 986. The second kappa shape index (κ2) is 8.15. The van der Waals surface area contributed by atoms with Gasteiger partial charge in [-0.15, -0.1) is 5.10 Å². The third-order valence-corrected chi connectivity index (χ3v) is 5.41. The SMILES string of the molecule is O=C(c1ccccc1Br)N1CCN(Cc2nnnn2-c2cccc(F)c2)CC1. The fraction of sp³-hybridized carbons (Fsp3) is 0.263. The van der Waals surface area contributed by atoms with E-state index in [0.717, 1.165) is 4.47 Å². The average Bonchev–Trinajstić information content (AvgIpc) is 3.17. The lowest BCUT2D eigenvalue weighted by molar-refractivity contribution is 0.0623. The number of rotatable bonds is 4. The molecule has 0 bridgehead atoms. The van der Waals surface area contributed by atoms with Crippen LogP contribution in [-0.2, 0) is 6.54 Å².